The summed E-state index contributed by atoms with van der Waals surface area (Å²) >= 11 is 11.9. The minimum atomic E-state index is -0.884. The summed E-state index contributed by atoms with van der Waals surface area (Å²) in [5.41, 5.74) is 9.73. The maximum Gasteiger partial charge on any atom is 0.255 e. The molecule has 0 saturated carbocycles. The lowest BCUT2D eigenvalue weighted by Crippen LogP contribution is -2.46. The number of nitrogens with two attached hydrogens (primary N) is 1. The Bertz CT molecular complexity index is 1490. The lowest BCUT2D eigenvalue weighted by molar-refractivity contribution is -0.119. The molecular weight excluding hydrogens is 549 g/mol. The third kappa shape index (κ3) is 6.83. The van der Waals surface area contributed by atoms with E-state index in [4.69, 9.17) is 33.7 Å². The van der Waals surface area contributed by atoms with Gasteiger partial charge in [-0.3, -0.25) is 9.59 Å². The molecule has 40 heavy (non-hydrogen) atoms. The summed E-state index contributed by atoms with van der Waals surface area (Å²) in [6.07, 6.45) is 4.81. The van der Waals surface area contributed by atoms with Crippen molar-refractivity contribution < 1.29 is 14.3 Å². The van der Waals surface area contributed by atoms with E-state index in [1.54, 1.807) is 30.3 Å². The number of ether oxygens (including phenoxy) is 1. The van der Waals surface area contributed by atoms with Crippen LogP contribution in [0, 0.1) is 0 Å². The van der Waals surface area contributed by atoms with E-state index in [2.05, 4.69) is 15.6 Å². The van der Waals surface area contributed by atoms with Crippen LogP contribution in [0.15, 0.2) is 79.3 Å². The second-order valence-corrected chi connectivity index (χ2v) is 10.6. The molecule has 0 radical (unpaired) electrons. The van der Waals surface area contributed by atoms with Crippen molar-refractivity contribution in [1.82, 2.24) is 20.2 Å². The summed E-state index contributed by atoms with van der Waals surface area (Å²) in [5.74, 6) is -0.535. The first-order valence-electron chi connectivity index (χ1n) is 12.9. The standard InChI is InChI=1S/C30H29Cl2N5O3/c31-21-8-4-19(5-9-21)14-27(29(33)38)36-30(39)25-3-1-2-24-26(12-13-40-28(24)25)34-15-23-17-37(18-35-23)16-20-6-10-22(32)11-7-20/h1-11,17-18,26-27,34H,12-16H2,(H2,33,38)(H,36,39)/t26?,27-/m0/s1. The molecule has 0 bridgehead atoms. The van der Waals surface area contributed by atoms with E-state index in [0.29, 0.717) is 41.1 Å². The molecule has 1 aromatic heterocycles. The van der Waals surface area contributed by atoms with Gasteiger partial charge in [-0.15, -0.1) is 0 Å². The van der Waals surface area contributed by atoms with Gasteiger partial charge in [0.25, 0.3) is 5.91 Å². The van der Waals surface area contributed by atoms with Crippen LogP contribution in [0.4, 0.5) is 0 Å². The fourth-order valence-electron chi connectivity index (χ4n) is 4.74. The molecule has 0 saturated heterocycles. The van der Waals surface area contributed by atoms with Crippen LogP contribution in [0.5, 0.6) is 5.75 Å². The molecule has 1 aliphatic heterocycles. The Balaban J connectivity index is 1.24. The number of carbonyl (C=O) groups is 2. The number of para-hydroxylation sites is 1. The van der Waals surface area contributed by atoms with Crippen LogP contribution in [0.25, 0.3) is 0 Å². The quantitative estimate of drug-likeness (QED) is 0.253. The number of hydrogen-bond donors (Lipinski definition) is 3. The van der Waals surface area contributed by atoms with Gasteiger partial charge in [0, 0.05) is 53.8 Å². The van der Waals surface area contributed by atoms with Crippen molar-refractivity contribution in [3.8, 4) is 5.75 Å². The van der Waals surface area contributed by atoms with E-state index >= 15 is 0 Å². The van der Waals surface area contributed by atoms with Crippen LogP contribution in [0.2, 0.25) is 10.0 Å². The zero-order valence-corrected chi connectivity index (χ0v) is 23.2. The van der Waals surface area contributed by atoms with Gasteiger partial charge >= 0.3 is 0 Å². The van der Waals surface area contributed by atoms with Gasteiger partial charge in [-0.05, 0) is 41.5 Å². The summed E-state index contributed by atoms with van der Waals surface area (Å²) in [5, 5.41) is 7.63. The smallest absolute Gasteiger partial charge is 0.255 e. The van der Waals surface area contributed by atoms with Gasteiger partial charge in [-0.2, -0.15) is 0 Å². The van der Waals surface area contributed by atoms with Crippen molar-refractivity contribution in [1.29, 1.82) is 0 Å². The Morgan fingerprint density at radius 3 is 2.42 bits per heavy atom. The minimum Gasteiger partial charge on any atom is -0.492 e. The molecule has 10 heteroatoms. The van der Waals surface area contributed by atoms with E-state index < -0.39 is 17.9 Å². The first-order chi connectivity index (χ1) is 19.4. The number of fused-ring (bicyclic) bond motifs is 1. The van der Waals surface area contributed by atoms with Crippen LogP contribution in [0.3, 0.4) is 0 Å². The Labute approximate surface area is 242 Å². The molecule has 3 aromatic carbocycles. The number of aromatic nitrogens is 2. The summed E-state index contributed by atoms with van der Waals surface area (Å²) < 4.78 is 7.98. The van der Waals surface area contributed by atoms with Crippen LogP contribution < -0.4 is 21.1 Å². The van der Waals surface area contributed by atoms with Crippen LogP contribution >= 0.6 is 23.2 Å². The summed E-state index contributed by atoms with van der Waals surface area (Å²) in [4.78, 5) is 29.9. The second kappa shape index (κ2) is 12.6. The van der Waals surface area contributed by atoms with Crippen molar-refractivity contribution in [2.75, 3.05) is 6.61 Å². The van der Waals surface area contributed by atoms with Crippen molar-refractivity contribution in [2.24, 2.45) is 5.73 Å². The normalized spacial score (nSPS) is 15.1. The fraction of sp³-hybridized carbons (Fsp3) is 0.233. The Kier molecular flexibility index (Phi) is 8.69. The van der Waals surface area contributed by atoms with E-state index in [9.17, 15) is 9.59 Å². The van der Waals surface area contributed by atoms with Gasteiger partial charge in [-0.25, -0.2) is 4.98 Å². The Morgan fingerprint density at radius 2 is 1.73 bits per heavy atom. The molecule has 206 valence electrons. The lowest BCUT2D eigenvalue weighted by Gasteiger charge is -2.28. The van der Waals surface area contributed by atoms with Crippen molar-refractivity contribution >= 4 is 35.0 Å². The molecular formula is C30H29Cl2N5O3. The molecule has 1 unspecified atom stereocenters. The maximum absolute atomic E-state index is 13.3. The number of primary amides is 1. The van der Waals surface area contributed by atoms with Gasteiger partial charge in [0.15, 0.2) is 0 Å². The number of hydrogen-bond acceptors (Lipinski definition) is 5. The molecule has 5 rings (SSSR count). The summed E-state index contributed by atoms with van der Waals surface area (Å²) in [7, 11) is 0. The highest BCUT2D eigenvalue weighted by Gasteiger charge is 2.28. The van der Waals surface area contributed by atoms with Crippen molar-refractivity contribution in [3.05, 3.63) is 117 Å². The average Bonchev–Trinajstić information content (AvgIpc) is 3.40. The van der Waals surface area contributed by atoms with E-state index in [0.717, 1.165) is 28.8 Å². The molecule has 0 fully saturated rings. The number of nitrogens with one attached hydrogen (secondary N) is 2. The van der Waals surface area contributed by atoms with Crippen LogP contribution in [-0.4, -0.2) is 34.0 Å². The van der Waals surface area contributed by atoms with Gasteiger partial charge in [0.05, 0.1) is 24.2 Å². The molecule has 4 aromatic rings. The zero-order chi connectivity index (χ0) is 28.1. The number of amides is 2. The largest absolute Gasteiger partial charge is 0.492 e. The SMILES string of the molecule is NC(=O)[C@H](Cc1ccc(Cl)cc1)NC(=O)c1cccc2c1OCCC2NCc1cn(Cc2ccc(Cl)cc2)cn1. The number of halogens is 2. The number of nitrogens with zero attached hydrogens (tertiary/aromatic N) is 2. The Hall–Kier alpha value is -3.85. The molecule has 0 spiro atoms. The average molecular weight is 579 g/mol. The van der Waals surface area contributed by atoms with Crippen molar-refractivity contribution in [2.45, 2.75) is 38.0 Å². The van der Waals surface area contributed by atoms with Gasteiger partial charge in [-0.1, -0.05) is 59.6 Å². The molecule has 4 N–H and O–H groups in total. The molecule has 0 aliphatic carbocycles. The van der Waals surface area contributed by atoms with E-state index in [-0.39, 0.29) is 12.5 Å². The molecule has 2 amide bonds. The maximum atomic E-state index is 13.3. The lowest BCUT2D eigenvalue weighted by atomic mass is 9.96. The number of imidazole rings is 1. The molecule has 1 aliphatic rings. The molecule has 2 atom stereocenters. The monoisotopic (exact) mass is 577 g/mol. The predicted octanol–water partition coefficient (Wildman–Crippen LogP) is 4.68. The van der Waals surface area contributed by atoms with E-state index in [1.165, 1.54) is 0 Å². The zero-order valence-electron chi connectivity index (χ0n) is 21.6. The fourth-order valence-corrected chi connectivity index (χ4v) is 4.99. The Morgan fingerprint density at radius 1 is 1.02 bits per heavy atom. The number of benzene rings is 3. The first kappa shape index (κ1) is 27.7. The topological polar surface area (TPSA) is 111 Å². The second-order valence-electron chi connectivity index (χ2n) is 9.72. The predicted molar refractivity (Wildman–Crippen MR) is 155 cm³/mol. The summed E-state index contributed by atoms with van der Waals surface area (Å²) in [6, 6.07) is 19.3. The minimum absolute atomic E-state index is 0.0288. The summed E-state index contributed by atoms with van der Waals surface area (Å²) in [6.45, 7) is 1.70. The van der Waals surface area contributed by atoms with Gasteiger partial charge in [0.2, 0.25) is 5.91 Å². The molecule has 8 nitrogen and oxygen atoms in total. The highest BCUT2D eigenvalue weighted by Crippen LogP contribution is 2.35. The highest BCUT2D eigenvalue weighted by atomic mass is 35.5. The number of carbonyl (C=O) groups excluding carboxylic acids is 2. The van der Waals surface area contributed by atoms with E-state index in [1.807, 2.05) is 53.5 Å². The third-order valence-electron chi connectivity index (χ3n) is 6.82. The van der Waals surface area contributed by atoms with Crippen molar-refractivity contribution in [3.63, 3.8) is 0 Å². The number of rotatable bonds is 10. The third-order valence-corrected chi connectivity index (χ3v) is 7.32. The van der Waals surface area contributed by atoms with Gasteiger partial charge < -0.3 is 25.7 Å². The highest BCUT2D eigenvalue weighted by molar-refractivity contribution is 6.30. The first-order valence-corrected chi connectivity index (χ1v) is 13.7. The molecule has 2 heterocycles. The van der Waals surface area contributed by atoms with Gasteiger partial charge in [0.1, 0.15) is 11.8 Å². The van der Waals surface area contributed by atoms with Crippen LogP contribution in [0.1, 0.15) is 45.2 Å². The van der Waals surface area contributed by atoms with Crippen LogP contribution in [-0.2, 0) is 24.3 Å².